The van der Waals surface area contributed by atoms with Gasteiger partial charge in [-0.05, 0) is 27.2 Å². The van der Waals surface area contributed by atoms with Crippen LogP contribution in [0.4, 0.5) is 4.79 Å². The number of carbonyl (C=O) groups is 1. The molecule has 0 radical (unpaired) electrons. The summed E-state index contributed by atoms with van der Waals surface area (Å²) >= 11 is 0. The van der Waals surface area contributed by atoms with Crippen LogP contribution in [0.5, 0.6) is 0 Å². The van der Waals surface area contributed by atoms with E-state index in [1.807, 2.05) is 20.8 Å². The van der Waals surface area contributed by atoms with E-state index >= 15 is 0 Å². The molecule has 0 aliphatic carbocycles. The van der Waals surface area contributed by atoms with Crippen molar-refractivity contribution in [2.24, 2.45) is 10.7 Å². The maximum atomic E-state index is 12.0. The summed E-state index contributed by atoms with van der Waals surface area (Å²) in [7, 11) is 0. The van der Waals surface area contributed by atoms with Gasteiger partial charge < -0.3 is 20.7 Å². The normalized spacial score (nSPS) is 16.8. The number of rotatable bonds is 8. The Kier molecular flexibility index (Phi) is 9.63. The fourth-order valence-electron chi connectivity index (χ4n) is 2.62. The lowest BCUT2D eigenvalue weighted by Crippen LogP contribution is -2.51. The van der Waals surface area contributed by atoms with Crippen molar-refractivity contribution < 1.29 is 9.53 Å². The third-order valence-electron chi connectivity index (χ3n) is 4.05. The summed E-state index contributed by atoms with van der Waals surface area (Å²) in [5.41, 5.74) is 5.44. The van der Waals surface area contributed by atoms with Crippen LogP contribution in [0.2, 0.25) is 0 Å². The Labute approximate surface area is 153 Å². The standard InChI is InChI=1S/C18H37N5O2/c1-5-6-7-8-9-20-16(19)21-10-11-22-12-14-23(15-13-22)17(24)25-18(2,3)4/h5-15H2,1-4H3,(H3,19,20,21). The summed E-state index contributed by atoms with van der Waals surface area (Å²) in [6.07, 6.45) is 4.60. The lowest BCUT2D eigenvalue weighted by molar-refractivity contribution is 0.0147. The summed E-state index contributed by atoms with van der Waals surface area (Å²) in [5, 5.41) is 3.17. The number of amides is 1. The highest BCUT2D eigenvalue weighted by atomic mass is 16.6. The molecule has 7 nitrogen and oxygen atoms in total. The molecule has 0 spiro atoms. The number of hydrogen-bond acceptors (Lipinski definition) is 4. The van der Waals surface area contributed by atoms with Crippen LogP contribution >= 0.6 is 0 Å². The van der Waals surface area contributed by atoms with Crippen LogP contribution in [0, 0.1) is 0 Å². The van der Waals surface area contributed by atoms with Crippen molar-refractivity contribution in [3.63, 3.8) is 0 Å². The highest BCUT2D eigenvalue weighted by molar-refractivity contribution is 5.77. The maximum Gasteiger partial charge on any atom is 0.410 e. The van der Waals surface area contributed by atoms with Gasteiger partial charge in [0.15, 0.2) is 5.96 Å². The van der Waals surface area contributed by atoms with Crippen molar-refractivity contribution in [3.05, 3.63) is 0 Å². The molecule has 25 heavy (non-hydrogen) atoms. The SMILES string of the molecule is CCCCCCN=C(N)NCCN1CCN(C(=O)OC(C)(C)C)CC1. The topological polar surface area (TPSA) is 83.2 Å². The van der Waals surface area contributed by atoms with E-state index < -0.39 is 5.60 Å². The first-order valence-electron chi connectivity index (χ1n) is 9.56. The van der Waals surface area contributed by atoms with Crippen molar-refractivity contribution in [1.82, 2.24) is 15.1 Å². The molecule has 1 amide bonds. The number of nitrogens with one attached hydrogen (secondary N) is 1. The molecule has 0 saturated carbocycles. The molecule has 0 aromatic carbocycles. The number of guanidine groups is 1. The minimum Gasteiger partial charge on any atom is -0.444 e. The number of nitrogens with two attached hydrogens (primary N) is 1. The Morgan fingerprint density at radius 1 is 1.16 bits per heavy atom. The molecule has 1 aliphatic rings. The second-order valence-electron chi connectivity index (χ2n) is 7.56. The zero-order chi connectivity index (χ0) is 18.7. The number of nitrogens with zero attached hydrogens (tertiary/aromatic N) is 3. The van der Waals surface area contributed by atoms with E-state index in [0.29, 0.717) is 19.0 Å². The first kappa shape index (κ1) is 21.5. The lowest BCUT2D eigenvalue weighted by atomic mass is 10.2. The number of aliphatic imine (C=N–C) groups is 1. The van der Waals surface area contributed by atoms with E-state index in [9.17, 15) is 4.79 Å². The highest BCUT2D eigenvalue weighted by Crippen LogP contribution is 2.11. The molecule has 1 fully saturated rings. The Balaban J connectivity index is 2.14. The van der Waals surface area contributed by atoms with Gasteiger partial charge in [-0.1, -0.05) is 26.2 Å². The molecule has 3 N–H and O–H groups in total. The number of ether oxygens (including phenoxy) is 1. The van der Waals surface area contributed by atoms with E-state index in [1.54, 1.807) is 4.90 Å². The predicted molar refractivity (Wildman–Crippen MR) is 103 cm³/mol. The van der Waals surface area contributed by atoms with Gasteiger partial charge in [-0.2, -0.15) is 0 Å². The molecule has 0 aromatic rings. The van der Waals surface area contributed by atoms with Gasteiger partial charge in [-0.25, -0.2) is 4.79 Å². The first-order chi connectivity index (χ1) is 11.8. The maximum absolute atomic E-state index is 12.0. The van der Waals surface area contributed by atoms with Crippen LogP contribution in [0.15, 0.2) is 4.99 Å². The first-order valence-corrected chi connectivity index (χ1v) is 9.56. The Hall–Kier alpha value is -1.50. The largest absolute Gasteiger partial charge is 0.444 e. The summed E-state index contributed by atoms with van der Waals surface area (Å²) in [6.45, 7) is 13.5. The Bertz CT molecular complexity index is 412. The van der Waals surface area contributed by atoms with Gasteiger partial charge in [0.2, 0.25) is 0 Å². The highest BCUT2D eigenvalue weighted by Gasteiger charge is 2.25. The summed E-state index contributed by atoms with van der Waals surface area (Å²) < 4.78 is 5.41. The Morgan fingerprint density at radius 3 is 2.44 bits per heavy atom. The van der Waals surface area contributed by atoms with Crippen molar-refractivity contribution in [1.29, 1.82) is 0 Å². The van der Waals surface area contributed by atoms with E-state index in [2.05, 4.69) is 22.1 Å². The van der Waals surface area contributed by atoms with Gasteiger partial charge in [0.25, 0.3) is 0 Å². The summed E-state index contributed by atoms with van der Waals surface area (Å²) in [5.74, 6) is 0.531. The molecule has 1 heterocycles. The average molecular weight is 356 g/mol. The second kappa shape index (κ2) is 11.2. The molecule has 1 saturated heterocycles. The summed E-state index contributed by atoms with van der Waals surface area (Å²) in [6, 6.07) is 0. The van der Waals surface area contributed by atoms with Crippen LogP contribution in [-0.4, -0.2) is 73.3 Å². The zero-order valence-electron chi connectivity index (χ0n) is 16.5. The molecule has 0 aromatic heterocycles. The van der Waals surface area contributed by atoms with Gasteiger partial charge in [0.1, 0.15) is 5.60 Å². The number of carbonyl (C=O) groups excluding carboxylic acids is 1. The Morgan fingerprint density at radius 2 is 1.84 bits per heavy atom. The smallest absolute Gasteiger partial charge is 0.410 e. The van der Waals surface area contributed by atoms with Crippen molar-refractivity contribution in [2.45, 2.75) is 59.0 Å². The molecular weight excluding hydrogens is 318 g/mol. The minimum atomic E-state index is -0.439. The minimum absolute atomic E-state index is 0.218. The lowest BCUT2D eigenvalue weighted by Gasteiger charge is -2.35. The molecular formula is C18H37N5O2. The third kappa shape index (κ3) is 10.2. The summed E-state index contributed by atoms with van der Waals surface area (Å²) in [4.78, 5) is 20.5. The van der Waals surface area contributed by atoms with Crippen LogP contribution in [0.25, 0.3) is 0 Å². The molecule has 146 valence electrons. The molecule has 1 aliphatic heterocycles. The monoisotopic (exact) mass is 355 g/mol. The van der Waals surface area contributed by atoms with Gasteiger partial charge in [-0.3, -0.25) is 9.89 Å². The van der Waals surface area contributed by atoms with E-state index in [4.69, 9.17) is 10.5 Å². The van der Waals surface area contributed by atoms with Crippen LogP contribution < -0.4 is 11.1 Å². The predicted octanol–water partition coefficient (Wildman–Crippen LogP) is 2.02. The van der Waals surface area contributed by atoms with E-state index in [1.165, 1.54) is 19.3 Å². The van der Waals surface area contributed by atoms with Gasteiger partial charge >= 0.3 is 6.09 Å². The third-order valence-corrected chi connectivity index (χ3v) is 4.05. The van der Waals surface area contributed by atoms with Crippen LogP contribution in [0.3, 0.4) is 0 Å². The van der Waals surface area contributed by atoms with Crippen molar-refractivity contribution >= 4 is 12.1 Å². The number of hydrogen-bond donors (Lipinski definition) is 2. The average Bonchev–Trinajstić information content (AvgIpc) is 2.53. The molecule has 0 bridgehead atoms. The number of piperazine rings is 1. The quantitative estimate of drug-likeness (QED) is 0.395. The zero-order valence-corrected chi connectivity index (χ0v) is 16.5. The van der Waals surface area contributed by atoms with Crippen molar-refractivity contribution in [3.8, 4) is 0 Å². The fraction of sp³-hybridized carbons (Fsp3) is 0.889. The second-order valence-corrected chi connectivity index (χ2v) is 7.56. The fourth-order valence-corrected chi connectivity index (χ4v) is 2.62. The van der Waals surface area contributed by atoms with E-state index in [-0.39, 0.29) is 6.09 Å². The van der Waals surface area contributed by atoms with Gasteiger partial charge in [0.05, 0.1) is 0 Å². The molecule has 1 rings (SSSR count). The van der Waals surface area contributed by atoms with Crippen LogP contribution in [0.1, 0.15) is 53.4 Å². The number of unbranched alkanes of at least 4 members (excludes halogenated alkanes) is 3. The molecule has 0 unspecified atom stereocenters. The van der Waals surface area contributed by atoms with Gasteiger partial charge in [0, 0.05) is 45.8 Å². The molecule has 0 atom stereocenters. The van der Waals surface area contributed by atoms with E-state index in [0.717, 1.165) is 39.1 Å². The van der Waals surface area contributed by atoms with Crippen LogP contribution in [-0.2, 0) is 4.74 Å². The molecule has 7 heteroatoms. The van der Waals surface area contributed by atoms with Gasteiger partial charge in [-0.15, -0.1) is 0 Å². The van der Waals surface area contributed by atoms with Crippen molar-refractivity contribution in [2.75, 3.05) is 45.8 Å².